The summed E-state index contributed by atoms with van der Waals surface area (Å²) in [5, 5.41) is 4.19. The second-order valence-electron chi connectivity index (χ2n) is 9.86. The Morgan fingerprint density at radius 3 is 1.50 bits per heavy atom. The van der Waals surface area contributed by atoms with E-state index in [9.17, 15) is 21.6 Å². The van der Waals surface area contributed by atoms with Gasteiger partial charge in [-0.25, -0.2) is 0 Å². The van der Waals surface area contributed by atoms with Crippen LogP contribution in [0.15, 0.2) is 12.1 Å². The van der Waals surface area contributed by atoms with Gasteiger partial charge in [0.15, 0.2) is 0 Å². The van der Waals surface area contributed by atoms with Crippen LogP contribution in [0.2, 0.25) is 0 Å². The van der Waals surface area contributed by atoms with Crippen LogP contribution in [-0.4, -0.2) is 13.9 Å². The van der Waals surface area contributed by atoms with Crippen LogP contribution in [0.25, 0.3) is 5.09 Å². The zero-order valence-electron chi connectivity index (χ0n) is 17.9. The van der Waals surface area contributed by atoms with E-state index in [1.165, 1.54) is 0 Å². The first-order valence-electron chi connectivity index (χ1n) is 8.83. The molecule has 0 heterocycles. The second kappa shape index (κ2) is 7.77. The Morgan fingerprint density at radius 2 is 1.21 bits per heavy atom. The second-order valence-corrected chi connectivity index (χ2v) is 12.3. The Balaban J connectivity index is 3.51. The van der Waals surface area contributed by atoms with Gasteiger partial charge < -0.3 is 5.09 Å². The third-order valence-corrected chi connectivity index (χ3v) is 6.24. The van der Waals surface area contributed by atoms with Crippen molar-refractivity contribution >= 4 is 24.8 Å². The highest BCUT2D eigenvalue weighted by Gasteiger charge is 2.46. The largest absolute Gasteiger partial charge is 0.638 e. The van der Waals surface area contributed by atoms with Crippen LogP contribution in [0.1, 0.15) is 79.0 Å². The van der Waals surface area contributed by atoms with Crippen LogP contribution in [0.4, 0.5) is 18.9 Å². The van der Waals surface area contributed by atoms with Crippen molar-refractivity contribution in [2.45, 2.75) is 84.1 Å². The number of rotatable bonds is 4. The zero-order chi connectivity index (χ0) is 22.3. The molecule has 0 aliphatic rings. The summed E-state index contributed by atoms with van der Waals surface area (Å²) >= 11 is 0. The molecule has 4 nitrogen and oxygen atoms in total. The molecule has 1 aromatic rings. The third kappa shape index (κ3) is 6.07. The van der Waals surface area contributed by atoms with E-state index in [-0.39, 0.29) is 16.2 Å². The molecule has 0 aliphatic heterocycles. The molecule has 1 unspecified atom stereocenters. The van der Waals surface area contributed by atoms with Gasteiger partial charge in [0.1, 0.15) is 0 Å². The van der Waals surface area contributed by atoms with E-state index in [0.717, 1.165) is 16.7 Å². The number of hydrogen-bond donors (Lipinski definition) is 0. The highest BCUT2D eigenvalue weighted by molar-refractivity contribution is 7.90. The first kappa shape index (κ1) is 25.2. The number of alkyl halides is 3. The summed E-state index contributed by atoms with van der Waals surface area (Å²) in [4.78, 5) is 0. The minimum atomic E-state index is -5.68. The van der Waals surface area contributed by atoms with Gasteiger partial charge in [-0.1, -0.05) is 85.6 Å². The van der Waals surface area contributed by atoms with E-state index in [1.54, 1.807) is 0 Å². The van der Waals surface area contributed by atoms with Gasteiger partial charge in [0.25, 0.3) is 0 Å². The molecule has 0 bridgehead atoms. The van der Waals surface area contributed by atoms with Gasteiger partial charge in [-0.2, -0.15) is 21.6 Å². The van der Waals surface area contributed by atoms with Gasteiger partial charge in [0.2, 0.25) is 0 Å². The van der Waals surface area contributed by atoms with Gasteiger partial charge in [-0.05, 0) is 30.8 Å². The molecule has 9 heteroatoms. The van der Waals surface area contributed by atoms with E-state index < -0.39 is 24.6 Å². The van der Waals surface area contributed by atoms with Crippen LogP contribution in [0.5, 0.6) is 0 Å². The van der Waals surface area contributed by atoms with Crippen molar-refractivity contribution in [2.24, 2.45) is 0 Å². The van der Waals surface area contributed by atoms with Gasteiger partial charge in [-0.15, -0.1) is 5.69 Å². The lowest BCUT2D eigenvalue weighted by molar-refractivity contribution is -0.0495. The fourth-order valence-electron chi connectivity index (χ4n) is 2.49. The minimum Gasteiger partial charge on any atom is -0.638 e. The first-order chi connectivity index (χ1) is 12.2. The summed E-state index contributed by atoms with van der Waals surface area (Å²) in [7, 11) is -6.89. The summed E-state index contributed by atoms with van der Waals surface area (Å²) in [5.74, 6) is 0. The molecule has 0 aliphatic carbocycles. The van der Waals surface area contributed by atoms with Crippen molar-refractivity contribution in [3.63, 3.8) is 0 Å². The lowest BCUT2D eigenvalue weighted by Crippen LogP contribution is -2.23. The van der Waals surface area contributed by atoms with E-state index in [2.05, 4.69) is 29.8 Å². The summed E-state index contributed by atoms with van der Waals surface area (Å²) in [6.45, 7) is 18.1. The van der Waals surface area contributed by atoms with Crippen LogP contribution >= 0.6 is 8.96 Å². The maximum Gasteiger partial charge on any atom is 0.523 e. The fraction of sp³-hybridized carbons (Fsp3) is 0.684. The predicted molar refractivity (Wildman–Crippen MR) is 110 cm³/mol. The molecule has 0 saturated heterocycles. The lowest BCUT2D eigenvalue weighted by Gasteiger charge is -2.39. The van der Waals surface area contributed by atoms with E-state index in [1.807, 2.05) is 53.7 Å². The summed E-state index contributed by atoms with van der Waals surface area (Å²) in [6.07, 6.45) is 0. The van der Waals surface area contributed by atoms with Gasteiger partial charge in [0.05, 0.1) is 0 Å². The summed E-state index contributed by atoms with van der Waals surface area (Å²) in [5.41, 5.74) is -3.07. The maximum atomic E-state index is 12.5. The van der Waals surface area contributed by atoms with Crippen LogP contribution in [-0.2, 0) is 30.3 Å². The molecular formula is C19H30F3NO3PS-. The molecular weight excluding hydrogens is 410 g/mol. The summed E-state index contributed by atoms with van der Waals surface area (Å²) in [6, 6.07) is 3.99. The highest BCUT2D eigenvalue weighted by Crippen LogP contribution is 2.49. The van der Waals surface area contributed by atoms with Crippen LogP contribution in [0, 0.1) is 0 Å². The molecule has 0 amide bonds. The predicted octanol–water partition coefficient (Wildman–Crippen LogP) is 6.96. The molecule has 0 N–H and O–H groups in total. The third-order valence-electron chi connectivity index (χ3n) is 4.18. The smallest absolute Gasteiger partial charge is 0.523 e. The molecule has 0 aromatic heterocycles. The molecule has 0 radical (unpaired) electrons. The molecule has 162 valence electrons. The normalized spacial score (nSPS) is 14.7. The van der Waals surface area contributed by atoms with E-state index in [4.69, 9.17) is 0 Å². The number of halogens is 3. The Morgan fingerprint density at radius 1 is 0.821 bits per heavy atom. The fourth-order valence-corrected chi connectivity index (χ4v) is 3.74. The Bertz CT molecular complexity index is 780. The molecule has 0 spiro atoms. The van der Waals surface area contributed by atoms with Crippen molar-refractivity contribution in [1.29, 1.82) is 0 Å². The topological polar surface area (TPSA) is 57.5 Å². The first-order valence-corrected chi connectivity index (χ1v) is 11.1. The minimum absolute atomic E-state index is 0.142. The molecule has 0 saturated carbocycles. The summed E-state index contributed by atoms with van der Waals surface area (Å²) < 4.78 is 64.1. The van der Waals surface area contributed by atoms with Crippen molar-refractivity contribution in [3.05, 3.63) is 33.9 Å². The number of hydrogen-bond acceptors (Lipinski definition) is 3. The van der Waals surface area contributed by atoms with Gasteiger partial charge >= 0.3 is 15.6 Å². The van der Waals surface area contributed by atoms with Gasteiger partial charge in [-0.3, -0.25) is 3.97 Å². The SMILES string of the molecule is CC(C)(C)c1cc(C(C)(C)C)c([N-]POS(=O)(=O)C(F)(F)F)c(C(C)(C)C)c1. The lowest BCUT2D eigenvalue weighted by atomic mass is 9.74. The quantitative estimate of drug-likeness (QED) is 0.376. The Labute approximate surface area is 168 Å². The Kier molecular flexibility index (Phi) is 6.99. The molecule has 0 fully saturated rings. The number of nitrogens with zero attached hydrogens (tertiary/aromatic N) is 1. The van der Waals surface area contributed by atoms with Crippen molar-refractivity contribution in [3.8, 4) is 0 Å². The molecule has 1 rings (SSSR count). The number of benzene rings is 1. The van der Waals surface area contributed by atoms with Crippen molar-refractivity contribution in [1.82, 2.24) is 0 Å². The van der Waals surface area contributed by atoms with E-state index in [0.29, 0.717) is 5.69 Å². The maximum absolute atomic E-state index is 12.5. The van der Waals surface area contributed by atoms with Crippen molar-refractivity contribution in [2.75, 3.05) is 0 Å². The van der Waals surface area contributed by atoms with E-state index >= 15 is 0 Å². The Hall–Kier alpha value is -0.850. The van der Waals surface area contributed by atoms with Gasteiger partial charge in [0, 0.05) is 0 Å². The van der Waals surface area contributed by atoms with Crippen LogP contribution in [0.3, 0.4) is 0 Å². The van der Waals surface area contributed by atoms with Crippen molar-refractivity contribution < 1.29 is 25.6 Å². The molecule has 1 atom stereocenters. The highest BCUT2D eigenvalue weighted by atomic mass is 32.2. The average molecular weight is 440 g/mol. The zero-order valence-corrected chi connectivity index (χ0v) is 19.7. The molecule has 1 aromatic carbocycles. The standard InChI is InChI=1S/C19H30F3NO3PS/c1-16(2,3)12-10-13(17(4,5)6)15(14(11-12)18(7,8)9)23-27-26-28(24,25)19(20,21)22/h10-11,27H,1-9H3/q-1. The monoisotopic (exact) mass is 440 g/mol. The molecule has 28 heavy (non-hydrogen) atoms. The van der Waals surface area contributed by atoms with Crippen LogP contribution < -0.4 is 0 Å². The average Bonchev–Trinajstić information content (AvgIpc) is 2.42.